The number of hydrogen-bond donors (Lipinski definition) is 1. The van der Waals surface area contributed by atoms with E-state index in [9.17, 15) is 18.0 Å². The first-order chi connectivity index (χ1) is 14.8. The van der Waals surface area contributed by atoms with Crippen LogP contribution in [0.3, 0.4) is 0 Å². The van der Waals surface area contributed by atoms with E-state index in [2.05, 4.69) is 10.3 Å². The van der Waals surface area contributed by atoms with E-state index in [-0.39, 0.29) is 12.2 Å². The van der Waals surface area contributed by atoms with Crippen LogP contribution in [0.2, 0.25) is 0 Å². The highest BCUT2D eigenvalue weighted by atomic mass is 19.2. The van der Waals surface area contributed by atoms with Crippen molar-refractivity contribution in [2.75, 3.05) is 5.32 Å². The Kier molecular flexibility index (Phi) is 5.59. The number of halogens is 3. The summed E-state index contributed by atoms with van der Waals surface area (Å²) in [6.07, 6.45) is 2.86. The van der Waals surface area contributed by atoms with Crippen LogP contribution in [0.4, 0.5) is 19.0 Å². The van der Waals surface area contributed by atoms with Crippen molar-refractivity contribution in [2.24, 2.45) is 0 Å². The molecule has 0 unspecified atom stereocenters. The van der Waals surface area contributed by atoms with Crippen molar-refractivity contribution in [3.8, 4) is 11.3 Å². The Labute approximate surface area is 177 Å². The molecule has 0 saturated heterocycles. The molecule has 0 atom stereocenters. The summed E-state index contributed by atoms with van der Waals surface area (Å²) in [5.74, 6) is -2.37. The lowest BCUT2D eigenvalue weighted by Crippen LogP contribution is -2.19. The second-order valence-electron chi connectivity index (χ2n) is 7.75. The number of fused-ring (bicyclic) bond motifs is 3. The average molecular weight is 423 g/mol. The summed E-state index contributed by atoms with van der Waals surface area (Å²) in [5.41, 5.74) is 4.89. The van der Waals surface area contributed by atoms with Gasteiger partial charge in [0.05, 0.1) is 17.8 Å². The van der Waals surface area contributed by atoms with Crippen molar-refractivity contribution in [3.05, 3.63) is 81.9 Å². The normalized spacial score (nSPS) is 12.0. The quantitative estimate of drug-likeness (QED) is 0.623. The van der Waals surface area contributed by atoms with Gasteiger partial charge in [0.15, 0.2) is 17.5 Å². The molecule has 4 nitrogen and oxygen atoms in total. The molecule has 4 rings (SSSR count). The molecular weight excluding hydrogens is 403 g/mol. The van der Waals surface area contributed by atoms with Gasteiger partial charge >= 0.3 is 0 Å². The number of carbonyl (C=O) groups is 1. The van der Waals surface area contributed by atoms with Crippen molar-refractivity contribution in [3.63, 3.8) is 0 Å². The van der Waals surface area contributed by atoms with E-state index >= 15 is 0 Å². The van der Waals surface area contributed by atoms with Crippen molar-refractivity contribution in [2.45, 2.75) is 33.1 Å². The van der Waals surface area contributed by atoms with Crippen molar-refractivity contribution in [1.29, 1.82) is 0 Å². The van der Waals surface area contributed by atoms with E-state index in [1.54, 1.807) is 12.1 Å². The van der Waals surface area contributed by atoms with Gasteiger partial charge in [-0.1, -0.05) is 11.6 Å². The molecule has 1 amide bonds. The molecule has 2 aromatic carbocycles. The molecule has 7 heteroatoms. The summed E-state index contributed by atoms with van der Waals surface area (Å²) in [5, 5.41) is 2.75. The second kappa shape index (κ2) is 8.34. The van der Waals surface area contributed by atoms with E-state index in [1.807, 2.05) is 13.8 Å². The molecule has 1 N–H and O–H groups in total. The van der Waals surface area contributed by atoms with Crippen molar-refractivity contribution >= 4 is 17.8 Å². The predicted octanol–water partition coefficient (Wildman–Crippen LogP) is 5.26. The van der Waals surface area contributed by atoms with E-state index in [1.165, 1.54) is 18.2 Å². The van der Waals surface area contributed by atoms with Gasteiger partial charge in [-0.25, -0.2) is 23.1 Å². The standard InChI is InChI=1S/C24H20F3N3O/c1-13(2)9-21-24(30-22(31)11-14-3-7-18(26)19(27)10-14)29-20-8-4-15-12-16(25)5-6-17(15)23(20)28-21/h3,5-7,9-10,12H,4,8,11H2,1-2H3,(H,29,30,31). The van der Waals surface area contributed by atoms with Gasteiger partial charge < -0.3 is 5.32 Å². The summed E-state index contributed by atoms with van der Waals surface area (Å²) in [6.45, 7) is 3.80. The van der Waals surface area contributed by atoms with Gasteiger partial charge in [-0.15, -0.1) is 0 Å². The van der Waals surface area contributed by atoms with Crippen molar-refractivity contribution in [1.82, 2.24) is 9.97 Å². The van der Waals surface area contributed by atoms with E-state index in [4.69, 9.17) is 4.98 Å². The maximum atomic E-state index is 13.6. The van der Waals surface area contributed by atoms with Crippen LogP contribution in [-0.2, 0) is 24.1 Å². The third kappa shape index (κ3) is 4.50. The number of carbonyl (C=O) groups excluding carboxylic acids is 1. The zero-order valence-corrected chi connectivity index (χ0v) is 17.1. The molecular formula is C24H20F3N3O. The Morgan fingerprint density at radius 2 is 1.84 bits per heavy atom. The summed E-state index contributed by atoms with van der Waals surface area (Å²) < 4.78 is 40.2. The van der Waals surface area contributed by atoms with Crippen LogP contribution in [0.1, 0.15) is 36.4 Å². The molecule has 0 radical (unpaired) electrons. The monoisotopic (exact) mass is 423 g/mol. The van der Waals surface area contributed by atoms with Gasteiger partial charge in [0.1, 0.15) is 11.5 Å². The molecule has 1 heterocycles. The van der Waals surface area contributed by atoms with Gasteiger partial charge in [-0.3, -0.25) is 4.79 Å². The van der Waals surface area contributed by atoms with Crippen LogP contribution < -0.4 is 5.32 Å². The number of allylic oxidation sites excluding steroid dienone is 1. The van der Waals surface area contributed by atoms with Gasteiger partial charge in [0.2, 0.25) is 5.91 Å². The second-order valence-corrected chi connectivity index (χ2v) is 7.75. The predicted molar refractivity (Wildman–Crippen MR) is 113 cm³/mol. The number of nitrogens with zero attached hydrogens (tertiary/aromatic N) is 2. The number of aromatic nitrogens is 2. The van der Waals surface area contributed by atoms with Gasteiger partial charge in [-0.05, 0) is 74.2 Å². The van der Waals surface area contributed by atoms with Crippen LogP contribution in [0.25, 0.3) is 17.3 Å². The number of amides is 1. The smallest absolute Gasteiger partial charge is 0.230 e. The topological polar surface area (TPSA) is 54.9 Å². The molecule has 1 aromatic heterocycles. The van der Waals surface area contributed by atoms with Crippen LogP contribution in [-0.4, -0.2) is 15.9 Å². The molecule has 0 aliphatic heterocycles. The minimum absolute atomic E-state index is 0.133. The zero-order chi connectivity index (χ0) is 22.1. The van der Waals surface area contributed by atoms with Crippen molar-refractivity contribution < 1.29 is 18.0 Å². The van der Waals surface area contributed by atoms with Crippen LogP contribution in [0.15, 0.2) is 42.0 Å². The fourth-order valence-electron chi connectivity index (χ4n) is 3.60. The first kappa shape index (κ1) is 20.8. The Hall–Kier alpha value is -3.48. The summed E-state index contributed by atoms with van der Waals surface area (Å²) in [7, 11) is 0. The Morgan fingerprint density at radius 1 is 1.03 bits per heavy atom. The first-order valence-corrected chi connectivity index (χ1v) is 9.88. The fraction of sp³-hybridized carbons (Fsp3) is 0.208. The summed E-state index contributed by atoms with van der Waals surface area (Å²) in [6, 6.07) is 7.96. The lowest BCUT2D eigenvalue weighted by molar-refractivity contribution is -0.115. The summed E-state index contributed by atoms with van der Waals surface area (Å²) >= 11 is 0. The molecule has 31 heavy (non-hydrogen) atoms. The SMILES string of the molecule is CC(C)=Cc1nc2c(nc1NC(=O)Cc1ccc(F)c(F)c1)CCc1cc(F)ccc1-2. The third-order valence-electron chi connectivity index (χ3n) is 4.98. The van der Waals surface area contributed by atoms with Gasteiger partial charge in [0, 0.05) is 5.56 Å². The zero-order valence-electron chi connectivity index (χ0n) is 17.1. The number of benzene rings is 2. The van der Waals surface area contributed by atoms with Crippen LogP contribution in [0.5, 0.6) is 0 Å². The Bertz CT molecular complexity index is 1220. The number of rotatable bonds is 4. The molecule has 158 valence electrons. The maximum absolute atomic E-state index is 13.6. The molecule has 3 aromatic rings. The first-order valence-electron chi connectivity index (χ1n) is 9.88. The lowest BCUT2D eigenvalue weighted by Gasteiger charge is -2.20. The van der Waals surface area contributed by atoms with E-state index in [0.717, 1.165) is 28.8 Å². The van der Waals surface area contributed by atoms with Gasteiger partial charge in [0.25, 0.3) is 0 Å². The van der Waals surface area contributed by atoms with E-state index in [0.29, 0.717) is 41.3 Å². The number of nitrogens with one attached hydrogen (secondary N) is 1. The molecule has 1 aliphatic rings. The lowest BCUT2D eigenvalue weighted by atomic mass is 9.91. The number of aryl methyl sites for hydroxylation is 2. The highest BCUT2D eigenvalue weighted by Crippen LogP contribution is 2.33. The Balaban J connectivity index is 1.67. The van der Waals surface area contributed by atoms with Crippen LogP contribution >= 0.6 is 0 Å². The highest BCUT2D eigenvalue weighted by molar-refractivity contribution is 5.93. The number of hydrogen-bond acceptors (Lipinski definition) is 3. The minimum Gasteiger partial charge on any atom is -0.309 e. The van der Waals surface area contributed by atoms with E-state index < -0.39 is 17.5 Å². The van der Waals surface area contributed by atoms with Crippen LogP contribution in [0, 0.1) is 17.5 Å². The highest BCUT2D eigenvalue weighted by Gasteiger charge is 2.22. The maximum Gasteiger partial charge on any atom is 0.230 e. The molecule has 0 bridgehead atoms. The van der Waals surface area contributed by atoms with Gasteiger partial charge in [-0.2, -0.15) is 0 Å². The molecule has 0 spiro atoms. The largest absolute Gasteiger partial charge is 0.309 e. The minimum atomic E-state index is -1.00. The Morgan fingerprint density at radius 3 is 2.58 bits per heavy atom. The molecule has 0 saturated carbocycles. The molecule has 1 aliphatic carbocycles. The molecule has 0 fully saturated rings. The summed E-state index contributed by atoms with van der Waals surface area (Å²) in [4.78, 5) is 21.9. The third-order valence-corrected chi connectivity index (χ3v) is 4.98. The number of anilines is 1. The fourth-order valence-corrected chi connectivity index (χ4v) is 3.60. The average Bonchev–Trinajstić information content (AvgIpc) is 2.70.